The molecular formula is C8H9N3O2. The summed E-state index contributed by atoms with van der Waals surface area (Å²) in [4.78, 5) is 2.61. The average Bonchev–Trinajstić information content (AvgIpc) is 2.11. The maximum atomic E-state index is 9.39. The van der Waals surface area contributed by atoms with Gasteiger partial charge in [-0.05, 0) is 24.1 Å². The van der Waals surface area contributed by atoms with E-state index >= 15 is 0 Å². The number of benzene rings is 1. The fourth-order valence-electron chi connectivity index (χ4n) is 1.02. The van der Waals surface area contributed by atoms with Crippen molar-refractivity contribution in [2.45, 2.75) is 6.92 Å². The fraction of sp³-hybridized carbons (Fsp3) is 0.250. The van der Waals surface area contributed by atoms with Gasteiger partial charge in [-0.2, -0.15) is 0 Å². The van der Waals surface area contributed by atoms with Gasteiger partial charge >= 0.3 is 0 Å². The van der Waals surface area contributed by atoms with Crippen LogP contribution in [0.4, 0.5) is 5.69 Å². The molecule has 1 aromatic carbocycles. The summed E-state index contributed by atoms with van der Waals surface area (Å²) in [7, 11) is 1.50. The van der Waals surface area contributed by atoms with Gasteiger partial charge in [0.2, 0.25) is 0 Å². The van der Waals surface area contributed by atoms with E-state index in [2.05, 4.69) is 10.0 Å². The number of hydrogen-bond acceptors (Lipinski definition) is 3. The van der Waals surface area contributed by atoms with Crippen molar-refractivity contribution < 1.29 is 9.84 Å². The monoisotopic (exact) mass is 179 g/mol. The zero-order valence-corrected chi connectivity index (χ0v) is 7.35. The Morgan fingerprint density at radius 1 is 1.54 bits per heavy atom. The molecule has 0 aliphatic rings. The van der Waals surface area contributed by atoms with Crippen molar-refractivity contribution in [3.05, 3.63) is 28.1 Å². The Bertz CT molecular complexity index is 347. The molecule has 0 saturated carbocycles. The van der Waals surface area contributed by atoms with Crippen LogP contribution in [0.1, 0.15) is 5.56 Å². The number of phenols is 1. The second-order valence-electron chi connectivity index (χ2n) is 2.50. The quantitative estimate of drug-likeness (QED) is 0.430. The van der Waals surface area contributed by atoms with Crippen LogP contribution in [0.2, 0.25) is 0 Å². The molecule has 5 nitrogen and oxygen atoms in total. The number of aromatic hydroxyl groups is 1. The van der Waals surface area contributed by atoms with E-state index < -0.39 is 0 Å². The summed E-state index contributed by atoms with van der Waals surface area (Å²) in [5.41, 5.74) is 9.13. The molecule has 0 heterocycles. The van der Waals surface area contributed by atoms with Crippen LogP contribution in [0.3, 0.4) is 0 Å². The van der Waals surface area contributed by atoms with E-state index in [0.29, 0.717) is 11.3 Å². The predicted molar refractivity (Wildman–Crippen MR) is 48.2 cm³/mol. The maximum absolute atomic E-state index is 9.39. The molecule has 0 aliphatic heterocycles. The lowest BCUT2D eigenvalue weighted by Crippen LogP contribution is -1.84. The molecule has 0 atom stereocenters. The number of ether oxygens (including phenoxy) is 1. The van der Waals surface area contributed by atoms with Gasteiger partial charge in [0, 0.05) is 11.0 Å². The highest BCUT2D eigenvalue weighted by Crippen LogP contribution is 2.34. The Morgan fingerprint density at radius 2 is 2.23 bits per heavy atom. The van der Waals surface area contributed by atoms with Crippen LogP contribution < -0.4 is 4.74 Å². The third kappa shape index (κ3) is 1.83. The minimum absolute atomic E-state index is 0.0744. The molecule has 0 aromatic heterocycles. The van der Waals surface area contributed by atoms with Crippen molar-refractivity contribution in [2.24, 2.45) is 5.11 Å². The fourth-order valence-corrected chi connectivity index (χ4v) is 1.02. The van der Waals surface area contributed by atoms with Crippen molar-refractivity contribution in [1.29, 1.82) is 0 Å². The summed E-state index contributed by atoms with van der Waals surface area (Å²) in [6.07, 6.45) is 0. The van der Waals surface area contributed by atoms with Crippen molar-refractivity contribution in [3.8, 4) is 11.5 Å². The Hall–Kier alpha value is -1.87. The number of azide groups is 1. The normalized spacial score (nSPS) is 9.08. The van der Waals surface area contributed by atoms with Gasteiger partial charge in [0.1, 0.15) is 11.5 Å². The molecule has 1 aromatic rings. The van der Waals surface area contributed by atoms with E-state index in [-0.39, 0.29) is 11.4 Å². The standard InChI is InChI=1S/C8H9N3O2/c1-5-3-6(13-2)4-7(12)8(5)10-11-9/h3-4,12H,1-2H3. The molecule has 0 fully saturated rings. The number of hydrogen-bond donors (Lipinski definition) is 1. The maximum Gasteiger partial charge on any atom is 0.129 e. The molecule has 0 bridgehead atoms. The number of nitrogens with zero attached hydrogens (tertiary/aromatic N) is 3. The number of methoxy groups -OCH3 is 1. The molecule has 1 rings (SSSR count). The summed E-state index contributed by atoms with van der Waals surface area (Å²) >= 11 is 0. The summed E-state index contributed by atoms with van der Waals surface area (Å²) in [5.74, 6) is 0.460. The first kappa shape index (κ1) is 9.22. The molecular weight excluding hydrogens is 170 g/mol. The van der Waals surface area contributed by atoms with Crippen LogP contribution in [0.25, 0.3) is 10.4 Å². The first-order valence-corrected chi connectivity index (χ1v) is 3.61. The van der Waals surface area contributed by atoms with Gasteiger partial charge in [-0.15, -0.1) is 0 Å². The number of aryl methyl sites for hydroxylation is 1. The SMILES string of the molecule is COc1cc(C)c(N=[N+]=[N-])c(O)c1. The van der Waals surface area contributed by atoms with Gasteiger partial charge in [0.05, 0.1) is 12.8 Å². The van der Waals surface area contributed by atoms with Crippen LogP contribution in [0.15, 0.2) is 17.2 Å². The zero-order chi connectivity index (χ0) is 9.84. The van der Waals surface area contributed by atoms with Crippen LogP contribution in [-0.4, -0.2) is 12.2 Å². The highest BCUT2D eigenvalue weighted by Gasteiger charge is 2.05. The molecule has 1 N–H and O–H groups in total. The number of phenolic OH excluding ortho intramolecular Hbond substituents is 1. The lowest BCUT2D eigenvalue weighted by Gasteiger charge is -2.05. The van der Waals surface area contributed by atoms with Gasteiger partial charge in [0.15, 0.2) is 0 Å². The topological polar surface area (TPSA) is 78.2 Å². The summed E-state index contributed by atoms with van der Waals surface area (Å²) in [5, 5.41) is 12.7. The Morgan fingerprint density at radius 3 is 2.69 bits per heavy atom. The van der Waals surface area contributed by atoms with Crippen LogP contribution in [0.5, 0.6) is 11.5 Å². The van der Waals surface area contributed by atoms with Gasteiger partial charge < -0.3 is 9.84 Å². The van der Waals surface area contributed by atoms with E-state index in [1.807, 2.05) is 0 Å². The van der Waals surface area contributed by atoms with E-state index in [1.165, 1.54) is 13.2 Å². The van der Waals surface area contributed by atoms with Crippen LogP contribution in [0, 0.1) is 6.92 Å². The van der Waals surface area contributed by atoms with E-state index in [4.69, 9.17) is 10.3 Å². The Balaban J connectivity index is 3.30. The highest BCUT2D eigenvalue weighted by molar-refractivity contribution is 5.59. The van der Waals surface area contributed by atoms with Gasteiger partial charge in [-0.3, -0.25) is 0 Å². The molecule has 0 aliphatic carbocycles. The lowest BCUT2D eigenvalue weighted by atomic mass is 10.2. The molecule has 0 amide bonds. The predicted octanol–water partition coefficient (Wildman–Crippen LogP) is 2.65. The van der Waals surface area contributed by atoms with Crippen LogP contribution >= 0.6 is 0 Å². The van der Waals surface area contributed by atoms with E-state index in [9.17, 15) is 5.11 Å². The first-order chi connectivity index (χ1) is 6.19. The smallest absolute Gasteiger partial charge is 0.129 e. The summed E-state index contributed by atoms with van der Waals surface area (Å²) in [6, 6.07) is 3.08. The van der Waals surface area contributed by atoms with Gasteiger partial charge in [0.25, 0.3) is 0 Å². The van der Waals surface area contributed by atoms with Crippen molar-refractivity contribution in [3.63, 3.8) is 0 Å². The van der Waals surface area contributed by atoms with Crippen LogP contribution in [-0.2, 0) is 0 Å². The lowest BCUT2D eigenvalue weighted by molar-refractivity contribution is 0.407. The third-order valence-electron chi connectivity index (χ3n) is 1.63. The second kappa shape index (κ2) is 3.69. The molecule has 13 heavy (non-hydrogen) atoms. The Labute approximate surface area is 75.2 Å². The summed E-state index contributed by atoms with van der Waals surface area (Å²) < 4.78 is 4.91. The zero-order valence-electron chi connectivity index (χ0n) is 7.35. The molecule has 0 spiro atoms. The third-order valence-corrected chi connectivity index (χ3v) is 1.63. The van der Waals surface area contributed by atoms with Gasteiger partial charge in [-0.1, -0.05) is 5.11 Å². The minimum Gasteiger partial charge on any atom is -0.507 e. The van der Waals surface area contributed by atoms with Crippen molar-refractivity contribution >= 4 is 5.69 Å². The van der Waals surface area contributed by atoms with E-state index in [0.717, 1.165) is 0 Å². The minimum atomic E-state index is -0.0744. The average molecular weight is 179 g/mol. The highest BCUT2D eigenvalue weighted by atomic mass is 16.5. The largest absolute Gasteiger partial charge is 0.507 e. The molecule has 68 valence electrons. The second-order valence-corrected chi connectivity index (χ2v) is 2.50. The molecule has 5 heteroatoms. The molecule has 0 unspecified atom stereocenters. The molecule has 0 radical (unpaired) electrons. The summed E-state index contributed by atoms with van der Waals surface area (Å²) in [6.45, 7) is 1.73. The Kier molecular flexibility index (Phi) is 2.62. The molecule has 0 saturated heterocycles. The van der Waals surface area contributed by atoms with Crippen molar-refractivity contribution in [2.75, 3.05) is 7.11 Å². The van der Waals surface area contributed by atoms with Gasteiger partial charge in [-0.25, -0.2) is 0 Å². The van der Waals surface area contributed by atoms with E-state index in [1.54, 1.807) is 13.0 Å². The first-order valence-electron chi connectivity index (χ1n) is 3.61. The van der Waals surface area contributed by atoms with Crippen molar-refractivity contribution in [1.82, 2.24) is 0 Å². The number of rotatable bonds is 2.